The third kappa shape index (κ3) is 5.15. The number of benzene rings is 1. The molecule has 0 bridgehead atoms. The third-order valence-corrected chi connectivity index (χ3v) is 7.45. The number of aromatic nitrogens is 2. The Bertz CT molecular complexity index is 950. The van der Waals surface area contributed by atoms with Crippen LogP contribution in [-0.2, 0) is 12.6 Å². The second kappa shape index (κ2) is 9.57. The average molecular weight is 466 g/mol. The molecule has 1 saturated carbocycles. The molecule has 0 amide bonds. The van der Waals surface area contributed by atoms with E-state index in [-0.39, 0.29) is 23.4 Å². The third-order valence-electron chi connectivity index (χ3n) is 7.45. The molecule has 1 aromatic carbocycles. The standard InChI is InChI=1S/C25H31F4N3O/c1-24(13-4-2-7-21(24)33)14-12-19-22(26)23(31-16-30-19)32-15-5-3-6-20(32)17-8-10-18(11-9-17)25(27,28)29/h8-11,16,20-21,33H,2-7,12-15H2,1H3. The van der Waals surface area contributed by atoms with E-state index >= 15 is 4.39 Å². The molecule has 1 N–H and O–H groups in total. The number of hydrogen-bond donors (Lipinski definition) is 1. The normalized spacial score (nSPS) is 26.4. The van der Waals surface area contributed by atoms with Crippen LogP contribution in [0.25, 0.3) is 0 Å². The molecule has 2 aliphatic rings. The van der Waals surface area contributed by atoms with Crippen LogP contribution in [0, 0.1) is 11.2 Å². The van der Waals surface area contributed by atoms with Gasteiger partial charge in [-0.3, -0.25) is 0 Å². The average Bonchev–Trinajstić information content (AvgIpc) is 2.80. The van der Waals surface area contributed by atoms with Crippen molar-refractivity contribution in [1.29, 1.82) is 0 Å². The van der Waals surface area contributed by atoms with E-state index in [0.717, 1.165) is 56.2 Å². The fourth-order valence-corrected chi connectivity index (χ4v) is 5.27. The van der Waals surface area contributed by atoms with Crippen molar-refractivity contribution in [2.24, 2.45) is 5.41 Å². The molecule has 2 heterocycles. The number of halogens is 4. The number of hydrogen-bond acceptors (Lipinski definition) is 4. The van der Waals surface area contributed by atoms with Crippen molar-refractivity contribution < 1.29 is 22.7 Å². The van der Waals surface area contributed by atoms with Gasteiger partial charge in [-0.25, -0.2) is 14.4 Å². The lowest BCUT2D eigenvalue weighted by molar-refractivity contribution is -0.137. The molecule has 180 valence electrons. The zero-order chi connectivity index (χ0) is 23.6. The molecule has 1 saturated heterocycles. The molecule has 3 unspecified atom stereocenters. The first-order valence-corrected chi connectivity index (χ1v) is 11.8. The molecule has 0 radical (unpaired) electrons. The van der Waals surface area contributed by atoms with E-state index in [9.17, 15) is 18.3 Å². The minimum atomic E-state index is -4.39. The Morgan fingerprint density at radius 1 is 1.06 bits per heavy atom. The van der Waals surface area contributed by atoms with Crippen LogP contribution in [0.3, 0.4) is 0 Å². The maximum atomic E-state index is 15.6. The van der Waals surface area contributed by atoms with Crippen LogP contribution in [0.4, 0.5) is 23.4 Å². The Balaban J connectivity index is 1.55. The Labute approximate surface area is 192 Å². The van der Waals surface area contributed by atoms with Gasteiger partial charge in [0.15, 0.2) is 11.6 Å². The van der Waals surface area contributed by atoms with Crippen molar-refractivity contribution in [3.05, 3.63) is 53.2 Å². The smallest absolute Gasteiger partial charge is 0.393 e. The molecular weight excluding hydrogens is 434 g/mol. The monoisotopic (exact) mass is 465 g/mol. The minimum Gasteiger partial charge on any atom is -0.393 e. The summed E-state index contributed by atoms with van der Waals surface area (Å²) in [5.74, 6) is -0.260. The van der Waals surface area contributed by atoms with Crippen LogP contribution in [0.2, 0.25) is 0 Å². The number of rotatable bonds is 5. The van der Waals surface area contributed by atoms with Crippen molar-refractivity contribution in [3.8, 4) is 0 Å². The van der Waals surface area contributed by atoms with E-state index in [1.165, 1.54) is 18.5 Å². The zero-order valence-electron chi connectivity index (χ0n) is 18.9. The van der Waals surface area contributed by atoms with E-state index < -0.39 is 17.6 Å². The molecule has 1 aliphatic heterocycles. The van der Waals surface area contributed by atoms with E-state index in [1.54, 1.807) is 0 Å². The molecule has 2 fully saturated rings. The summed E-state index contributed by atoms with van der Waals surface area (Å²) >= 11 is 0. The quantitative estimate of drug-likeness (QED) is 0.531. The van der Waals surface area contributed by atoms with Crippen molar-refractivity contribution in [3.63, 3.8) is 0 Å². The number of anilines is 1. The minimum absolute atomic E-state index is 0.207. The molecule has 4 rings (SSSR count). The van der Waals surface area contributed by atoms with Crippen molar-refractivity contribution in [2.75, 3.05) is 11.4 Å². The molecule has 3 atom stereocenters. The first-order chi connectivity index (χ1) is 15.7. The lowest BCUT2D eigenvalue weighted by atomic mass is 9.70. The number of aliphatic hydroxyl groups is 1. The van der Waals surface area contributed by atoms with Gasteiger partial charge in [0, 0.05) is 6.54 Å². The summed E-state index contributed by atoms with van der Waals surface area (Å²) < 4.78 is 54.5. The van der Waals surface area contributed by atoms with Crippen LogP contribution in [0.1, 0.15) is 81.2 Å². The van der Waals surface area contributed by atoms with E-state index in [1.807, 2.05) is 4.90 Å². The Kier molecular flexibility index (Phi) is 6.93. The first-order valence-electron chi connectivity index (χ1n) is 11.8. The summed E-state index contributed by atoms with van der Waals surface area (Å²) in [5.41, 5.74) is 0.113. The number of aryl methyl sites for hydroxylation is 1. The molecule has 4 nitrogen and oxygen atoms in total. The lowest BCUT2D eigenvalue weighted by Crippen LogP contribution is -2.36. The van der Waals surface area contributed by atoms with Gasteiger partial charge in [-0.15, -0.1) is 0 Å². The maximum absolute atomic E-state index is 15.6. The van der Waals surface area contributed by atoms with Crippen LogP contribution in [0.15, 0.2) is 30.6 Å². The summed E-state index contributed by atoms with van der Waals surface area (Å²) in [7, 11) is 0. The van der Waals surface area contributed by atoms with Gasteiger partial charge in [0.1, 0.15) is 6.33 Å². The summed E-state index contributed by atoms with van der Waals surface area (Å²) in [4.78, 5) is 10.3. The van der Waals surface area contributed by atoms with Gasteiger partial charge in [-0.1, -0.05) is 31.9 Å². The zero-order valence-corrected chi connectivity index (χ0v) is 18.9. The van der Waals surface area contributed by atoms with Crippen LogP contribution in [-0.4, -0.2) is 27.7 Å². The predicted octanol–water partition coefficient (Wildman–Crippen LogP) is 6.24. The van der Waals surface area contributed by atoms with E-state index in [0.29, 0.717) is 31.5 Å². The number of piperidine rings is 1. The van der Waals surface area contributed by atoms with Crippen LogP contribution < -0.4 is 4.90 Å². The van der Waals surface area contributed by atoms with Crippen molar-refractivity contribution >= 4 is 5.82 Å². The summed E-state index contributed by atoms with van der Waals surface area (Å²) in [6.45, 7) is 2.64. The van der Waals surface area contributed by atoms with Gasteiger partial charge in [-0.2, -0.15) is 13.2 Å². The Hall–Kier alpha value is -2.22. The van der Waals surface area contributed by atoms with Gasteiger partial charge in [0.05, 0.1) is 23.4 Å². The summed E-state index contributed by atoms with van der Waals surface area (Å²) in [6, 6.07) is 4.89. The number of alkyl halides is 3. The van der Waals surface area contributed by atoms with Crippen LogP contribution in [0.5, 0.6) is 0 Å². The highest BCUT2D eigenvalue weighted by Crippen LogP contribution is 2.41. The maximum Gasteiger partial charge on any atom is 0.416 e. The molecule has 0 spiro atoms. The van der Waals surface area contributed by atoms with E-state index in [2.05, 4.69) is 16.9 Å². The van der Waals surface area contributed by atoms with Gasteiger partial charge < -0.3 is 10.0 Å². The fraction of sp³-hybridized carbons (Fsp3) is 0.600. The number of aliphatic hydroxyl groups excluding tert-OH is 1. The van der Waals surface area contributed by atoms with Crippen LogP contribution >= 0.6 is 0 Å². The SMILES string of the molecule is CC1(CCc2ncnc(N3CCCCC3c3ccc(C(F)(F)F)cc3)c2F)CCCCC1O. The first kappa shape index (κ1) is 23.9. The van der Waals surface area contributed by atoms with Gasteiger partial charge in [0.2, 0.25) is 0 Å². The van der Waals surface area contributed by atoms with Gasteiger partial charge in [0.25, 0.3) is 0 Å². The molecule has 1 aromatic heterocycles. The largest absolute Gasteiger partial charge is 0.416 e. The Morgan fingerprint density at radius 2 is 1.79 bits per heavy atom. The highest BCUT2D eigenvalue weighted by Gasteiger charge is 2.36. The lowest BCUT2D eigenvalue weighted by Gasteiger charge is -2.39. The highest BCUT2D eigenvalue weighted by molar-refractivity contribution is 5.45. The predicted molar refractivity (Wildman–Crippen MR) is 118 cm³/mol. The van der Waals surface area contributed by atoms with Crippen molar-refractivity contribution in [1.82, 2.24) is 9.97 Å². The molecule has 1 aliphatic carbocycles. The van der Waals surface area contributed by atoms with E-state index in [4.69, 9.17) is 0 Å². The highest BCUT2D eigenvalue weighted by atomic mass is 19.4. The van der Waals surface area contributed by atoms with Gasteiger partial charge >= 0.3 is 6.18 Å². The van der Waals surface area contributed by atoms with Gasteiger partial charge in [-0.05, 0) is 68.1 Å². The Morgan fingerprint density at radius 3 is 2.48 bits per heavy atom. The number of nitrogens with zero attached hydrogens (tertiary/aromatic N) is 3. The fourth-order valence-electron chi connectivity index (χ4n) is 5.27. The molecule has 2 aromatic rings. The second-order valence-corrected chi connectivity index (χ2v) is 9.70. The second-order valence-electron chi connectivity index (χ2n) is 9.70. The molecular formula is C25H31F4N3O. The molecule has 33 heavy (non-hydrogen) atoms. The molecule has 8 heteroatoms. The van der Waals surface area contributed by atoms with Crippen molar-refractivity contribution in [2.45, 2.75) is 83.0 Å². The summed E-state index contributed by atoms with van der Waals surface area (Å²) in [5, 5.41) is 10.5. The summed E-state index contributed by atoms with van der Waals surface area (Å²) in [6.07, 6.45) is 3.90. The topological polar surface area (TPSA) is 49.2 Å².